The molecule has 1 aromatic heterocycles. The Balaban J connectivity index is 0.925. The predicted molar refractivity (Wildman–Crippen MR) is 210 cm³/mol. The number of methoxy groups -OCH3 is 5. The van der Waals surface area contributed by atoms with Crippen LogP contribution in [0.3, 0.4) is 0 Å². The number of ether oxygens (including phenoxy) is 7. The number of hydrogen-bond donors (Lipinski definition) is 2. The van der Waals surface area contributed by atoms with Gasteiger partial charge in [-0.2, -0.15) is 0 Å². The Morgan fingerprint density at radius 2 is 1.29 bits per heavy atom. The summed E-state index contributed by atoms with van der Waals surface area (Å²) in [6.07, 6.45) is 5.81. The summed E-state index contributed by atoms with van der Waals surface area (Å²) in [5, 5.41) is 10.8. The van der Waals surface area contributed by atoms with Gasteiger partial charge in [0.1, 0.15) is 11.9 Å². The summed E-state index contributed by atoms with van der Waals surface area (Å²) in [7, 11) is 7.95. The normalized spacial score (nSPS) is 13.3. The van der Waals surface area contributed by atoms with E-state index in [9.17, 15) is 4.79 Å². The third-order valence-electron chi connectivity index (χ3n) is 9.49. The van der Waals surface area contributed by atoms with Crippen molar-refractivity contribution in [3.05, 3.63) is 89.5 Å². The van der Waals surface area contributed by atoms with Crippen LogP contribution in [0.2, 0.25) is 0 Å². The standard InChI is InChI=1S/C43H49N3O9/c1-27-16-18-32-31(22-27)43(47)45-42(44-32)28-17-19-34(37(23-28)48-2)53-20-11-9-7-8-10-12-21-54-35-15-13-14-30(40(35)51-5)33-26-36(55-46-33)29-24-38(49-3)41(52-6)39(25-29)50-4/h13-19,22-26,42,44H,7-12,20-21H2,1-6H3,(H,45,47). The van der Waals surface area contributed by atoms with Gasteiger partial charge in [0.2, 0.25) is 5.75 Å². The van der Waals surface area contributed by atoms with Gasteiger partial charge in [0.15, 0.2) is 40.3 Å². The van der Waals surface area contributed by atoms with E-state index in [-0.39, 0.29) is 12.1 Å². The highest BCUT2D eigenvalue weighted by molar-refractivity contribution is 6.02. The van der Waals surface area contributed by atoms with Crippen molar-refractivity contribution in [2.75, 3.05) is 54.1 Å². The van der Waals surface area contributed by atoms with Gasteiger partial charge < -0.3 is 48.3 Å². The lowest BCUT2D eigenvalue weighted by molar-refractivity contribution is 0.0935. The Bertz CT molecular complexity index is 2050. The van der Waals surface area contributed by atoms with E-state index in [0.717, 1.165) is 66.5 Å². The molecule has 1 amide bonds. The number of unbranched alkanes of at least 4 members (excludes halogenated alkanes) is 5. The van der Waals surface area contributed by atoms with Crippen LogP contribution in [-0.2, 0) is 0 Å². The zero-order valence-corrected chi connectivity index (χ0v) is 32.3. The molecule has 12 heteroatoms. The van der Waals surface area contributed by atoms with Crippen molar-refractivity contribution in [2.24, 2.45) is 0 Å². The van der Waals surface area contributed by atoms with Crippen LogP contribution in [0.4, 0.5) is 5.69 Å². The highest BCUT2D eigenvalue weighted by Gasteiger charge is 2.26. The Hall–Kier alpha value is -6.04. The average Bonchev–Trinajstić information content (AvgIpc) is 3.71. The molecule has 6 rings (SSSR count). The second kappa shape index (κ2) is 18.3. The van der Waals surface area contributed by atoms with E-state index in [1.807, 2.05) is 79.7 Å². The van der Waals surface area contributed by atoms with Gasteiger partial charge in [-0.05, 0) is 73.9 Å². The zero-order chi connectivity index (χ0) is 38.7. The van der Waals surface area contributed by atoms with Gasteiger partial charge in [0.05, 0.1) is 54.3 Å². The summed E-state index contributed by atoms with van der Waals surface area (Å²) in [6.45, 7) is 3.13. The molecule has 0 radical (unpaired) electrons. The van der Waals surface area contributed by atoms with Crippen molar-refractivity contribution in [2.45, 2.75) is 51.6 Å². The molecule has 0 aliphatic carbocycles. The number of anilines is 1. The van der Waals surface area contributed by atoms with E-state index in [4.69, 9.17) is 37.7 Å². The number of fused-ring (bicyclic) bond motifs is 1. The number of para-hydroxylation sites is 1. The molecule has 1 aliphatic heterocycles. The van der Waals surface area contributed by atoms with Gasteiger partial charge in [0, 0.05) is 22.9 Å². The van der Waals surface area contributed by atoms with Gasteiger partial charge >= 0.3 is 0 Å². The van der Waals surface area contributed by atoms with Gasteiger partial charge in [0.25, 0.3) is 5.91 Å². The first-order valence-electron chi connectivity index (χ1n) is 18.4. The molecular formula is C43H49N3O9. The third kappa shape index (κ3) is 9.02. The molecule has 1 aliphatic rings. The Labute approximate surface area is 322 Å². The molecule has 0 saturated heterocycles. The minimum absolute atomic E-state index is 0.103. The molecule has 0 spiro atoms. The lowest BCUT2D eigenvalue weighted by Crippen LogP contribution is -2.38. The molecule has 55 heavy (non-hydrogen) atoms. The third-order valence-corrected chi connectivity index (χ3v) is 9.49. The summed E-state index contributed by atoms with van der Waals surface area (Å²) in [6, 6.07) is 22.8. The molecule has 0 saturated carbocycles. The van der Waals surface area contributed by atoms with E-state index < -0.39 is 0 Å². The molecule has 12 nitrogen and oxygen atoms in total. The fraction of sp³-hybridized carbons (Fsp3) is 0.349. The molecule has 4 aromatic carbocycles. The SMILES string of the molecule is COc1cc(C2NC(=O)c3cc(C)ccc3N2)ccc1OCCCCCCCCOc1cccc(-c2cc(-c3cc(OC)c(OC)c(OC)c3)on2)c1OC. The van der Waals surface area contributed by atoms with E-state index >= 15 is 0 Å². The van der Waals surface area contributed by atoms with E-state index in [2.05, 4.69) is 15.8 Å². The fourth-order valence-electron chi connectivity index (χ4n) is 6.60. The maximum absolute atomic E-state index is 12.7. The molecule has 5 aromatic rings. The van der Waals surface area contributed by atoms with Crippen LogP contribution in [0.1, 0.15) is 66.2 Å². The van der Waals surface area contributed by atoms with Crippen LogP contribution in [0.15, 0.2) is 77.3 Å². The Morgan fingerprint density at radius 3 is 1.96 bits per heavy atom. The van der Waals surface area contributed by atoms with Crippen LogP contribution in [-0.4, -0.2) is 59.8 Å². The number of aryl methyl sites for hydroxylation is 1. The summed E-state index contributed by atoms with van der Waals surface area (Å²) in [5.74, 6) is 4.53. The van der Waals surface area contributed by atoms with Crippen LogP contribution in [0, 0.1) is 6.92 Å². The topological polar surface area (TPSA) is 132 Å². The molecule has 1 unspecified atom stereocenters. The number of carbonyl (C=O) groups excluding carboxylic acids is 1. The van der Waals surface area contributed by atoms with Crippen molar-refractivity contribution in [1.82, 2.24) is 10.5 Å². The summed E-state index contributed by atoms with van der Waals surface area (Å²) >= 11 is 0. The van der Waals surface area contributed by atoms with E-state index in [1.165, 1.54) is 0 Å². The Morgan fingerprint density at radius 1 is 0.618 bits per heavy atom. The molecule has 0 fully saturated rings. The number of nitrogens with zero attached hydrogens (tertiary/aromatic N) is 1. The molecule has 0 bridgehead atoms. The quantitative estimate of drug-likeness (QED) is 0.0784. The smallest absolute Gasteiger partial charge is 0.255 e. The molecule has 2 N–H and O–H groups in total. The molecule has 2 heterocycles. The highest BCUT2D eigenvalue weighted by atomic mass is 16.5. The van der Waals surface area contributed by atoms with Crippen LogP contribution >= 0.6 is 0 Å². The number of benzene rings is 4. The maximum Gasteiger partial charge on any atom is 0.255 e. The zero-order valence-electron chi connectivity index (χ0n) is 32.3. The Kier molecular flexibility index (Phi) is 12.9. The van der Waals surface area contributed by atoms with Gasteiger partial charge in [-0.1, -0.05) is 54.6 Å². The van der Waals surface area contributed by atoms with Crippen LogP contribution in [0.5, 0.6) is 40.2 Å². The maximum atomic E-state index is 12.7. The first-order chi connectivity index (χ1) is 26.9. The molecule has 290 valence electrons. The van der Waals surface area contributed by atoms with Crippen LogP contribution in [0.25, 0.3) is 22.6 Å². The van der Waals surface area contributed by atoms with Crippen molar-refractivity contribution in [1.29, 1.82) is 0 Å². The predicted octanol–water partition coefficient (Wildman–Crippen LogP) is 9.01. The summed E-state index contributed by atoms with van der Waals surface area (Å²) in [5.41, 5.74) is 5.48. The number of amides is 1. The second-order valence-electron chi connectivity index (χ2n) is 13.2. The average molecular weight is 752 g/mol. The number of rotatable bonds is 19. The molecule has 1 atom stereocenters. The summed E-state index contributed by atoms with van der Waals surface area (Å²) in [4.78, 5) is 12.7. The van der Waals surface area contributed by atoms with Gasteiger partial charge in [-0.15, -0.1) is 0 Å². The second-order valence-corrected chi connectivity index (χ2v) is 13.2. The minimum atomic E-state index is -0.362. The lowest BCUT2D eigenvalue weighted by atomic mass is 10.0. The minimum Gasteiger partial charge on any atom is -0.493 e. The molecular weight excluding hydrogens is 702 g/mol. The van der Waals surface area contributed by atoms with Gasteiger partial charge in [-0.25, -0.2) is 0 Å². The first kappa shape index (κ1) is 38.7. The monoisotopic (exact) mass is 751 g/mol. The van der Waals surface area contributed by atoms with Gasteiger partial charge in [-0.3, -0.25) is 4.79 Å². The fourth-order valence-corrected chi connectivity index (χ4v) is 6.60. The summed E-state index contributed by atoms with van der Waals surface area (Å²) < 4.78 is 45.8. The van der Waals surface area contributed by atoms with Crippen molar-refractivity contribution >= 4 is 11.6 Å². The van der Waals surface area contributed by atoms with Crippen molar-refractivity contribution in [3.63, 3.8) is 0 Å². The van der Waals surface area contributed by atoms with Crippen molar-refractivity contribution < 1.29 is 42.5 Å². The van der Waals surface area contributed by atoms with Crippen LogP contribution < -0.4 is 43.8 Å². The lowest BCUT2D eigenvalue weighted by Gasteiger charge is -2.28. The van der Waals surface area contributed by atoms with E-state index in [1.54, 1.807) is 35.5 Å². The number of aromatic nitrogens is 1. The highest BCUT2D eigenvalue weighted by Crippen LogP contribution is 2.43. The van der Waals surface area contributed by atoms with Crippen molar-refractivity contribution in [3.8, 4) is 62.8 Å². The van der Waals surface area contributed by atoms with E-state index in [0.29, 0.717) is 70.5 Å². The first-order valence-corrected chi connectivity index (χ1v) is 18.4. The number of carbonyl (C=O) groups is 1. The number of nitrogens with one attached hydrogen (secondary N) is 2. The number of hydrogen-bond acceptors (Lipinski definition) is 11. The largest absolute Gasteiger partial charge is 0.493 e.